The van der Waals surface area contributed by atoms with E-state index < -0.39 is 9.84 Å². The molecule has 7 heteroatoms. The minimum absolute atomic E-state index is 0.140. The molecule has 17 heavy (non-hydrogen) atoms. The van der Waals surface area contributed by atoms with Crippen molar-refractivity contribution in [3.8, 4) is 0 Å². The molecule has 1 aliphatic heterocycles. The molecule has 0 aliphatic carbocycles. The van der Waals surface area contributed by atoms with Crippen LogP contribution in [0.4, 0.5) is 11.5 Å². The molecule has 0 saturated carbocycles. The van der Waals surface area contributed by atoms with Crippen molar-refractivity contribution in [2.75, 3.05) is 35.2 Å². The van der Waals surface area contributed by atoms with Crippen LogP contribution >= 0.6 is 11.6 Å². The fourth-order valence-corrected chi connectivity index (χ4v) is 3.25. The number of hydrogen-bond donors (Lipinski definition) is 1. The Bertz CT molecular complexity index is 518. The van der Waals surface area contributed by atoms with E-state index in [2.05, 4.69) is 4.98 Å². The third-order valence-electron chi connectivity index (χ3n) is 2.73. The first-order valence-electron chi connectivity index (χ1n) is 5.35. The van der Waals surface area contributed by atoms with E-state index in [1.807, 2.05) is 4.90 Å². The third kappa shape index (κ3) is 3.01. The van der Waals surface area contributed by atoms with Gasteiger partial charge in [0.1, 0.15) is 5.15 Å². The highest BCUT2D eigenvalue weighted by Gasteiger charge is 2.21. The summed E-state index contributed by atoms with van der Waals surface area (Å²) in [6.07, 6.45) is 0.593. The van der Waals surface area contributed by atoms with E-state index in [-0.39, 0.29) is 11.5 Å². The van der Waals surface area contributed by atoms with Crippen molar-refractivity contribution < 1.29 is 8.42 Å². The minimum atomic E-state index is -2.93. The standard InChI is InChI=1S/C10H14ClN3O2S/c11-9-3-2-8(12)10(13-9)14-4-1-6-17(15,16)7-5-14/h2-3H,1,4-7,12H2. The molecule has 2 N–H and O–H groups in total. The number of nitrogen functional groups attached to an aromatic ring is 1. The number of nitrogens with zero attached hydrogens (tertiary/aromatic N) is 2. The largest absolute Gasteiger partial charge is 0.396 e. The molecule has 0 bridgehead atoms. The van der Waals surface area contributed by atoms with E-state index in [1.54, 1.807) is 12.1 Å². The Labute approximate surface area is 105 Å². The van der Waals surface area contributed by atoms with Crippen molar-refractivity contribution in [2.24, 2.45) is 0 Å². The van der Waals surface area contributed by atoms with E-state index >= 15 is 0 Å². The van der Waals surface area contributed by atoms with Crippen molar-refractivity contribution in [1.29, 1.82) is 0 Å². The summed E-state index contributed by atoms with van der Waals surface area (Å²) < 4.78 is 23.0. The van der Waals surface area contributed by atoms with E-state index in [1.165, 1.54) is 0 Å². The maximum Gasteiger partial charge on any atom is 0.153 e. The van der Waals surface area contributed by atoms with Crippen LogP contribution in [0.15, 0.2) is 12.1 Å². The lowest BCUT2D eigenvalue weighted by Crippen LogP contribution is -2.28. The normalized spacial score (nSPS) is 19.9. The molecule has 2 rings (SSSR count). The molecule has 1 fully saturated rings. The predicted octanol–water partition coefficient (Wildman–Crippen LogP) is 0.942. The number of pyridine rings is 1. The second kappa shape index (κ2) is 4.70. The van der Waals surface area contributed by atoms with Gasteiger partial charge in [-0.1, -0.05) is 11.6 Å². The number of sulfone groups is 1. The fraction of sp³-hybridized carbons (Fsp3) is 0.500. The van der Waals surface area contributed by atoms with Crippen LogP contribution in [0, 0.1) is 0 Å². The topological polar surface area (TPSA) is 76.3 Å². The molecule has 0 aromatic carbocycles. The van der Waals surface area contributed by atoms with E-state index in [9.17, 15) is 8.42 Å². The van der Waals surface area contributed by atoms with Crippen molar-refractivity contribution in [3.63, 3.8) is 0 Å². The summed E-state index contributed by atoms with van der Waals surface area (Å²) in [7, 11) is -2.93. The average Bonchev–Trinajstić information content (AvgIpc) is 2.43. The van der Waals surface area contributed by atoms with Crippen molar-refractivity contribution in [2.45, 2.75) is 6.42 Å². The maximum atomic E-state index is 11.5. The smallest absolute Gasteiger partial charge is 0.153 e. The highest BCUT2D eigenvalue weighted by Crippen LogP contribution is 2.24. The van der Waals surface area contributed by atoms with Gasteiger partial charge in [-0.05, 0) is 18.6 Å². The van der Waals surface area contributed by atoms with Gasteiger partial charge in [0.25, 0.3) is 0 Å². The van der Waals surface area contributed by atoms with Crippen LogP contribution in [-0.4, -0.2) is 38.0 Å². The second-order valence-corrected chi connectivity index (χ2v) is 6.73. The van der Waals surface area contributed by atoms with Gasteiger partial charge in [-0.25, -0.2) is 13.4 Å². The Kier molecular flexibility index (Phi) is 3.44. The van der Waals surface area contributed by atoms with Gasteiger partial charge in [0.05, 0.1) is 17.2 Å². The quantitative estimate of drug-likeness (QED) is 0.772. The predicted molar refractivity (Wildman–Crippen MR) is 69.1 cm³/mol. The number of rotatable bonds is 1. The van der Waals surface area contributed by atoms with Crippen molar-refractivity contribution in [3.05, 3.63) is 17.3 Å². The summed E-state index contributed by atoms with van der Waals surface area (Å²) >= 11 is 5.82. The third-order valence-corrected chi connectivity index (χ3v) is 4.65. The monoisotopic (exact) mass is 275 g/mol. The van der Waals surface area contributed by atoms with Gasteiger partial charge in [-0.15, -0.1) is 0 Å². The molecule has 0 radical (unpaired) electrons. The Balaban J connectivity index is 2.25. The summed E-state index contributed by atoms with van der Waals surface area (Å²) in [5.74, 6) is 0.944. The van der Waals surface area contributed by atoms with E-state index in [4.69, 9.17) is 17.3 Å². The zero-order chi connectivity index (χ0) is 12.5. The minimum Gasteiger partial charge on any atom is -0.396 e. The van der Waals surface area contributed by atoms with Gasteiger partial charge in [0, 0.05) is 13.1 Å². The maximum absolute atomic E-state index is 11.5. The molecule has 0 spiro atoms. The molecule has 0 unspecified atom stereocenters. The lowest BCUT2D eigenvalue weighted by molar-refractivity contribution is 0.597. The number of aromatic nitrogens is 1. The molecule has 1 aromatic heterocycles. The van der Waals surface area contributed by atoms with Crippen LogP contribution in [0.5, 0.6) is 0 Å². The number of nitrogens with two attached hydrogens (primary N) is 1. The molecule has 94 valence electrons. The van der Waals surface area contributed by atoms with E-state index in [0.29, 0.717) is 36.2 Å². The Morgan fingerprint density at radius 2 is 2.06 bits per heavy atom. The molecule has 1 aromatic rings. The van der Waals surface area contributed by atoms with Gasteiger partial charge in [0.2, 0.25) is 0 Å². The van der Waals surface area contributed by atoms with Gasteiger partial charge in [0.15, 0.2) is 15.7 Å². The molecule has 1 saturated heterocycles. The first kappa shape index (κ1) is 12.4. The highest BCUT2D eigenvalue weighted by molar-refractivity contribution is 7.91. The van der Waals surface area contributed by atoms with Crippen LogP contribution in [0.2, 0.25) is 5.15 Å². The Morgan fingerprint density at radius 3 is 2.82 bits per heavy atom. The van der Waals surface area contributed by atoms with Crippen molar-refractivity contribution >= 4 is 32.9 Å². The molecule has 0 atom stereocenters. The second-order valence-electron chi connectivity index (χ2n) is 4.04. The molecular formula is C10H14ClN3O2S. The summed E-state index contributed by atoms with van der Waals surface area (Å²) in [6.45, 7) is 1.05. The molecular weight excluding hydrogens is 262 g/mol. The number of hydrogen-bond acceptors (Lipinski definition) is 5. The van der Waals surface area contributed by atoms with Crippen LogP contribution in [-0.2, 0) is 9.84 Å². The first-order chi connectivity index (χ1) is 7.98. The molecule has 1 aliphatic rings. The summed E-state index contributed by atoms with van der Waals surface area (Å²) in [6, 6.07) is 3.30. The van der Waals surface area contributed by atoms with Gasteiger partial charge < -0.3 is 10.6 Å². The zero-order valence-corrected chi connectivity index (χ0v) is 10.8. The van der Waals surface area contributed by atoms with Crippen LogP contribution < -0.4 is 10.6 Å². The SMILES string of the molecule is Nc1ccc(Cl)nc1N1CCCS(=O)(=O)CC1. The summed E-state index contributed by atoms with van der Waals surface area (Å²) in [4.78, 5) is 6.04. The lowest BCUT2D eigenvalue weighted by atomic mass is 10.3. The van der Waals surface area contributed by atoms with Crippen molar-refractivity contribution in [1.82, 2.24) is 4.98 Å². The van der Waals surface area contributed by atoms with Crippen LogP contribution in [0.1, 0.15) is 6.42 Å². The number of halogens is 1. The average molecular weight is 276 g/mol. The van der Waals surface area contributed by atoms with Crippen LogP contribution in [0.3, 0.4) is 0 Å². The van der Waals surface area contributed by atoms with Gasteiger partial charge in [-0.3, -0.25) is 0 Å². The van der Waals surface area contributed by atoms with Crippen LogP contribution in [0.25, 0.3) is 0 Å². The lowest BCUT2D eigenvalue weighted by Gasteiger charge is -2.22. The summed E-state index contributed by atoms with van der Waals surface area (Å²) in [5, 5.41) is 0.362. The Hall–Kier alpha value is -1.01. The Morgan fingerprint density at radius 1 is 1.29 bits per heavy atom. The molecule has 0 amide bonds. The van der Waals surface area contributed by atoms with Gasteiger partial charge >= 0.3 is 0 Å². The van der Waals surface area contributed by atoms with Gasteiger partial charge in [-0.2, -0.15) is 0 Å². The zero-order valence-electron chi connectivity index (χ0n) is 9.26. The first-order valence-corrected chi connectivity index (χ1v) is 7.55. The van der Waals surface area contributed by atoms with E-state index in [0.717, 1.165) is 0 Å². The number of anilines is 2. The highest BCUT2D eigenvalue weighted by atomic mass is 35.5. The fourth-order valence-electron chi connectivity index (χ4n) is 1.84. The summed E-state index contributed by atoms with van der Waals surface area (Å²) in [5.41, 5.74) is 6.35. The molecule has 2 heterocycles. The molecule has 5 nitrogen and oxygen atoms in total.